The second-order valence-corrected chi connectivity index (χ2v) is 11.7. The molecule has 0 spiro atoms. The van der Waals surface area contributed by atoms with Crippen LogP contribution in [0.5, 0.6) is 0 Å². The number of fused-ring (bicyclic) bond motifs is 5. The topological polar surface area (TPSA) is 112 Å². The number of allylic oxidation sites excluding steroid dienone is 12. The van der Waals surface area contributed by atoms with Crippen LogP contribution in [0.3, 0.4) is 0 Å². The molecule has 2 atom stereocenters. The van der Waals surface area contributed by atoms with Crippen molar-refractivity contribution in [1.29, 1.82) is 0 Å². The van der Waals surface area contributed by atoms with Crippen molar-refractivity contribution < 1.29 is 15.0 Å². The number of hydrogen-bond donors (Lipinski definition) is 1. The van der Waals surface area contributed by atoms with Gasteiger partial charge < -0.3 is 20.3 Å². The number of carbonyl (C=O) groups excluding carboxylic acids is 1. The van der Waals surface area contributed by atoms with Crippen molar-refractivity contribution in [2.24, 2.45) is 26.8 Å². The monoisotopic (exact) mass is 584 g/mol. The fraction of sp³-hybridized carbons (Fsp3) is 0.371. The molecule has 5 aliphatic heterocycles. The van der Waals surface area contributed by atoms with E-state index in [4.69, 9.17) is 15.0 Å². The molecule has 0 amide bonds. The Bertz CT molecular complexity index is 1700. The van der Waals surface area contributed by atoms with Gasteiger partial charge in [0.2, 0.25) is 0 Å². The van der Waals surface area contributed by atoms with Crippen molar-refractivity contribution in [3.05, 3.63) is 104 Å². The van der Waals surface area contributed by atoms with Gasteiger partial charge in [-0.05, 0) is 92.0 Å². The smallest absolute Gasteiger partial charge is 0.875 e. The van der Waals surface area contributed by atoms with Crippen LogP contribution in [0, 0.1) is 11.8 Å². The minimum absolute atomic E-state index is 0. The van der Waals surface area contributed by atoms with E-state index in [0.717, 1.165) is 86.3 Å². The number of nitrogens with zero attached hydrogens (tertiary/aromatic N) is 3. The number of carboxylic acids is 1. The van der Waals surface area contributed by atoms with Crippen LogP contribution < -0.4 is 15.5 Å². The molecule has 7 nitrogen and oxygen atoms in total. The van der Waals surface area contributed by atoms with Crippen LogP contribution in [0.4, 0.5) is 0 Å². The molecule has 6 aliphatic rings. The van der Waals surface area contributed by atoms with E-state index in [1.807, 2.05) is 25.2 Å². The first-order valence-electron chi connectivity index (χ1n) is 15.0. The van der Waals surface area contributed by atoms with Gasteiger partial charge >= 0.3 is 23.1 Å². The minimum atomic E-state index is -1.08. The van der Waals surface area contributed by atoms with Crippen molar-refractivity contribution in [2.75, 3.05) is 0 Å². The average molecular weight is 585 g/mol. The molecule has 43 heavy (non-hydrogen) atoms. The molecule has 0 saturated carbocycles. The Balaban J connectivity index is 0.00000368. The Morgan fingerprint density at radius 1 is 1.07 bits per heavy atom. The Morgan fingerprint density at radius 2 is 1.79 bits per heavy atom. The van der Waals surface area contributed by atoms with E-state index >= 15 is 0 Å². The normalized spacial score (nSPS) is 24.1. The molecule has 0 aromatic rings. The van der Waals surface area contributed by atoms with Crippen molar-refractivity contribution in [1.82, 2.24) is 5.32 Å². The maximum Gasteiger partial charge on any atom is 2.00 e. The Kier molecular flexibility index (Phi) is 8.55. The zero-order valence-electron chi connectivity index (χ0n) is 25.7. The van der Waals surface area contributed by atoms with Gasteiger partial charge in [-0.15, -0.1) is 5.76 Å². The second kappa shape index (κ2) is 11.9. The number of nitrogens with one attached hydrogen (secondary N) is 1. The van der Waals surface area contributed by atoms with Gasteiger partial charge in [-0.1, -0.05) is 39.8 Å². The molecule has 5 heterocycles. The largest absolute Gasteiger partial charge is 2.00 e. The maximum absolute atomic E-state index is 13.5. The summed E-state index contributed by atoms with van der Waals surface area (Å²) < 4.78 is 0. The van der Waals surface area contributed by atoms with Gasteiger partial charge in [-0.2, -0.15) is 0 Å². The van der Waals surface area contributed by atoms with Gasteiger partial charge in [0.25, 0.3) is 0 Å². The molecule has 8 heteroatoms. The maximum atomic E-state index is 13.5. The predicted molar refractivity (Wildman–Crippen MR) is 169 cm³/mol. The fourth-order valence-corrected chi connectivity index (χ4v) is 7.00. The van der Waals surface area contributed by atoms with Gasteiger partial charge in [0, 0.05) is 40.3 Å². The number of carboxylic acid groups (broad SMARTS) is 1. The summed E-state index contributed by atoms with van der Waals surface area (Å²) in [6, 6.07) is 0. The molecule has 1 N–H and O–H groups in total. The first-order valence-corrected chi connectivity index (χ1v) is 15.0. The van der Waals surface area contributed by atoms with Gasteiger partial charge in [0.1, 0.15) is 0 Å². The SMILES string of the molecule is C=CC1=C(C)C2=NC1=CC1=NC(=CC3=C(CC)C4=C([O-])CC(=C5NC(=C2)[C@@H](C)[C@@H]5CCC(=O)[O-])C4=N3)C(CCC)=C1C.[Mg+2]. The van der Waals surface area contributed by atoms with Crippen LogP contribution >= 0.6 is 0 Å². The van der Waals surface area contributed by atoms with Crippen LogP contribution in [0.15, 0.2) is 119 Å². The molecule has 8 bridgehead atoms. The van der Waals surface area contributed by atoms with E-state index < -0.39 is 5.97 Å². The molecule has 0 radical (unpaired) electrons. The second-order valence-electron chi connectivity index (χ2n) is 11.7. The summed E-state index contributed by atoms with van der Waals surface area (Å²) in [6.07, 6.45) is 11.1. The van der Waals surface area contributed by atoms with Gasteiger partial charge in [-0.3, -0.25) is 0 Å². The first kappa shape index (κ1) is 30.9. The van der Waals surface area contributed by atoms with Crippen LogP contribution in [0.1, 0.15) is 73.1 Å². The summed E-state index contributed by atoms with van der Waals surface area (Å²) in [5.74, 6) is -1.15. The number of carbonyl (C=O) groups is 1. The number of aliphatic carboxylic acids is 1. The van der Waals surface area contributed by atoms with Crippen molar-refractivity contribution in [3.8, 4) is 0 Å². The van der Waals surface area contributed by atoms with E-state index in [2.05, 4.69) is 45.7 Å². The van der Waals surface area contributed by atoms with Crippen molar-refractivity contribution >= 4 is 46.2 Å². The van der Waals surface area contributed by atoms with Gasteiger partial charge in [0.15, 0.2) is 0 Å². The van der Waals surface area contributed by atoms with E-state index in [1.54, 1.807) is 0 Å². The summed E-state index contributed by atoms with van der Waals surface area (Å²) in [5.41, 5.74) is 13.6. The molecular formula is C35H36MgN4O3. The molecule has 1 aliphatic carbocycles. The van der Waals surface area contributed by atoms with Gasteiger partial charge in [0.05, 0.1) is 34.2 Å². The minimum Gasteiger partial charge on any atom is -0.875 e. The van der Waals surface area contributed by atoms with Gasteiger partial charge in [-0.25, -0.2) is 15.0 Å². The zero-order valence-corrected chi connectivity index (χ0v) is 27.1. The van der Waals surface area contributed by atoms with E-state index in [0.29, 0.717) is 18.4 Å². The summed E-state index contributed by atoms with van der Waals surface area (Å²) >= 11 is 0. The standard InChI is InChI=1S/C35H38N4O3.Mg/c1-7-10-22-18(5)26-15-28-20(8-2)17(4)25(36-28)14-27-19(6)23(11-12-32(41)42)34(38-27)24-13-31(40)33-21(9-3)29(39-35(24)33)16-30(22)37-26;/h8,14-16,19,23,38,40H,2,7,9-13H2,1,3-6H3,(H,41,42);/q;+2/p-2/t19-,23-;/m0./s1. The number of rotatable bonds is 7. The first-order chi connectivity index (χ1) is 20.2. The van der Waals surface area contributed by atoms with Crippen LogP contribution in [-0.4, -0.2) is 46.2 Å². The van der Waals surface area contributed by atoms with Crippen LogP contribution in [0.2, 0.25) is 0 Å². The molecule has 216 valence electrons. The van der Waals surface area contributed by atoms with Crippen molar-refractivity contribution in [3.63, 3.8) is 0 Å². The molecule has 0 aromatic heterocycles. The molecule has 0 aromatic carbocycles. The fourth-order valence-electron chi connectivity index (χ4n) is 7.00. The Hall–Kier alpha value is -3.49. The van der Waals surface area contributed by atoms with E-state index in [-0.39, 0.29) is 53.5 Å². The summed E-state index contributed by atoms with van der Waals surface area (Å²) in [4.78, 5) is 26.7. The van der Waals surface area contributed by atoms with Crippen molar-refractivity contribution in [2.45, 2.75) is 73.1 Å². The third-order valence-electron chi connectivity index (χ3n) is 9.30. The molecule has 0 unspecified atom stereocenters. The predicted octanol–water partition coefficient (Wildman–Crippen LogP) is 4.58. The summed E-state index contributed by atoms with van der Waals surface area (Å²) in [5, 5.41) is 28.7. The quantitative estimate of drug-likeness (QED) is 0.442. The molecule has 6 rings (SSSR count). The summed E-state index contributed by atoms with van der Waals surface area (Å²) in [7, 11) is 0. The molecule has 1 saturated heterocycles. The van der Waals surface area contributed by atoms with E-state index in [9.17, 15) is 15.0 Å². The molecule has 1 fully saturated rings. The number of aliphatic imine (C=N–C) groups is 3. The van der Waals surface area contributed by atoms with Crippen LogP contribution in [-0.2, 0) is 4.79 Å². The van der Waals surface area contributed by atoms with Crippen LogP contribution in [0.25, 0.3) is 0 Å². The Morgan fingerprint density at radius 3 is 2.47 bits per heavy atom. The van der Waals surface area contributed by atoms with E-state index in [1.165, 1.54) is 5.57 Å². The average Bonchev–Trinajstić information content (AvgIpc) is 3.70. The third-order valence-corrected chi connectivity index (χ3v) is 9.30. The summed E-state index contributed by atoms with van der Waals surface area (Å²) in [6.45, 7) is 14.6. The third kappa shape index (κ3) is 5.08. The number of hydrogen-bond acceptors (Lipinski definition) is 7. The molecular weight excluding hydrogens is 549 g/mol. The zero-order chi connectivity index (χ0) is 29.9. The Labute approximate surface area is 269 Å².